The fraction of sp³-hybridized carbons (Fsp3) is 0.538. The molecule has 2 aliphatic rings. The third kappa shape index (κ3) is 1.86. The molecule has 4 nitrogen and oxygen atoms in total. The standard InChI is InChI=1S/C13H18N2O2S/c1-13(14)8-15(9-13)18(16,17)12-6-5-10-3-2-4-11(10)7-12/h5-7H,2-4,8-9,14H2,1H3. The monoisotopic (exact) mass is 266 g/mol. The van der Waals surface area contributed by atoms with Crippen LogP contribution in [0.3, 0.4) is 0 Å². The number of sulfonamides is 1. The number of hydrogen-bond acceptors (Lipinski definition) is 3. The molecule has 1 heterocycles. The van der Waals surface area contributed by atoms with Crippen LogP contribution >= 0.6 is 0 Å². The highest BCUT2D eigenvalue weighted by Crippen LogP contribution is 2.29. The van der Waals surface area contributed by atoms with E-state index in [1.54, 1.807) is 6.07 Å². The maximum absolute atomic E-state index is 12.4. The quantitative estimate of drug-likeness (QED) is 0.865. The highest BCUT2D eigenvalue weighted by molar-refractivity contribution is 7.89. The van der Waals surface area contributed by atoms with Crippen molar-refractivity contribution in [3.05, 3.63) is 29.3 Å². The average Bonchev–Trinajstić information content (AvgIpc) is 2.72. The van der Waals surface area contributed by atoms with Crippen LogP contribution in [0.1, 0.15) is 24.5 Å². The van der Waals surface area contributed by atoms with Gasteiger partial charge in [0, 0.05) is 18.6 Å². The number of nitrogens with two attached hydrogens (primary N) is 1. The molecule has 0 saturated carbocycles. The van der Waals surface area contributed by atoms with Crippen molar-refractivity contribution in [3.63, 3.8) is 0 Å². The summed E-state index contributed by atoms with van der Waals surface area (Å²) >= 11 is 0. The Morgan fingerprint density at radius 3 is 2.56 bits per heavy atom. The van der Waals surface area contributed by atoms with Crippen LogP contribution in [0.5, 0.6) is 0 Å². The third-order valence-corrected chi connectivity index (χ3v) is 5.57. The first-order valence-corrected chi connectivity index (χ1v) is 7.73. The molecule has 18 heavy (non-hydrogen) atoms. The highest BCUT2D eigenvalue weighted by Gasteiger charge is 2.42. The van der Waals surface area contributed by atoms with Crippen LogP contribution in [-0.2, 0) is 22.9 Å². The largest absolute Gasteiger partial charge is 0.323 e. The number of fused-ring (bicyclic) bond motifs is 1. The van der Waals surface area contributed by atoms with Crippen molar-refractivity contribution in [2.24, 2.45) is 5.73 Å². The van der Waals surface area contributed by atoms with Gasteiger partial charge in [0.05, 0.1) is 4.90 Å². The van der Waals surface area contributed by atoms with Crippen LogP contribution in [0.4, 0.5) is 0 Å². The van der Waals surface area contributed by atoms with Gasteiger partial charge in [0.1, 0.15) is 0 Å². The molecular weight excluding hydrogens is 248 g/mol. The molecule has 1 aliphatic heterocycles. The molecule has 0 radical (unpaired) electrons. The zero-order chi connectivity index (χ0) is 13.0. The summed E-state index contributed by atoms with van der Waals surface area (Å²) in [6.45, 7) is 2.69. The van der Waals surface area contributed by atoms with E-state index in [-0.39, 0.29) is 5.54 Å². The summed E-state index contributed by atoms with van der Waals surface area (Å²) in [7, 11) is -3.34. The molecule has 0 amide bonds. The van der Waals surface area contributed by atoms with Gasteiger partial charge < -0.3 is 5.73 Å². The minimum atomic E-state index is -3.34. The van der Waals surface area contributed by atoms with Gasteiger partial charge in [0.25, 0.3) is 0 Å². The second-order valence-electron chi connectivity index (χ2n) is 5.71. The van der Waals surface area contributed by atoms with Gasteiger partial charge in [-0.05, 0) is 49.4 Å². The molecular formula is C13H18N2O2S. The van der Waals surface area contributed by atoms with Crippen molar-refractivity contribution >= 4 is 10.0 Å². The number of benzene rings is 1. The summed E-state index contributed by atoms with van der Waals surface area (Å²) in [5.74, 6) is 0. The SMILES string of the molecule is CC1(N)CN(S(=O)(=O)c2ccc3c(c2)CCC3)C1. The molecule has 1 saturated heterocycles. The van der Waals surface area contributed by atoms with E-state index in [1.807, 2.05) is 19.1 Å². The van der Waals surface area contributed by atoms with Gasteiger partial charge in [-0.1, -0.05) is 6.07 Å². The van der Waals surface area contributed by atoms with E-state index in [9.17, 15) is 8.42 Å². The molecule has 1 aromatic carbocycles. The Morgan fingerprint density at radius 1 is 1.22 bits per heavy atom. The molecule has 0 unspecified atom stereocenters. The Morgan fingerprint density at radius 2 is 1.89 bits per heavy atom. The van der Waals surface area contributed by atoms with Crippen molar-refractivity contribution in [2.45, 2.75) is 36.6 Å². The Labute approximate surface area is 108 Å². The van der Waals surface area contributed by atoms with Gasteiger partial charge >= 0.3 is 0 Å². The normalized spacial score (nSPS) is 22.6. The molecule has 3 rings (SSSR count). The van der Waals surface area contributed by atoms with Gasteiger partial charge in [0.15, 0.2) is 0 Å². The molecule has 1 aliphatic carbocycles. The van der Waals surface area contributed by atoms with Gasteiger partial charge in [-0.3, -0.25) is 0 Å². The lowest BCUT2D eigenvalue weighted by Gasteiger charge is -2.44. The Balaban J connectivity index is 1.91. The predicted molar refractivity (Wildman–Crippen MR) is 69.8 cm³/mol. The van der Waals surface area contributed by atoms with E-state index in [1.165, 1.54) is 15.4 Å². The summed E-state index contributed by atoms with van der Waals surface area (Å²) in [5, 5.41) is 0. The first-order valence-electron chi connectivity index (χ1n) is 6.29. The van der Waals surface area contributed by atoms with Crippen molar-refractivity contribution in [3.8, 4) is 0 Å². The van der Waals surface area contributed by atoms with Crippen molar-refractivity contribution in [1.82, 2.24) is 4.31 Å². The Bertz CT molecular complexity index is 585. The zero-order valence-electron chi connectivity index (χ0n) is 10.5. The first-order chi connectivity index (χ1) is 8.38. The van der Waals surface area contributed by atoms with Crippen molar-refractivity contribution < 1.29 is 8.42 Å². The summed E-state index contributed by atoms with van der Waals surface area (Å²) in [4.78, 5) is 0.415. The predicted octanol–water partition coefficient (Wildman–Crippen LogP) is 0.897. The summed E-state index contributed by atoms with van der Waals surface area (Å²) in [5.41, 5.74) is 7.98. The number of nitrogens with zero attached hydrogens (tertiary/aromatic N) is 1. The number of rotatable bonds is 2. The van der Waals surface area contributed by atoms with E-state index < -0.39 is 10.0 Å². The van der Waals surface area contributed by atoms with E-state index in [0.29, 0.717) is 18.0 Å². The zero-order valence-corrected chi connectivity index (χ0v) is 11.3. The van der Waals surface area contributed by atoms with Crippen LogP contribution in [0.2, 0.25) is 0 Å². The number of aryl methyl sites for hydroxylation is 2. The van der Waals surface area contributed by atoms with Crippen molar-refractivity contribution in [1.29, 1.82) is 0 Å². The van der Waals surface area contributed by atoms with Crippen LogP contribution in [0, 0.1) is 0 Å². The van der Waals surface area contributed by atoms with E-state index >= 15 is 0 Å². The van der Waals surface area contributed by atoms with E-state index in [4.69, 9.17) is 5.73 Å². The Kier molecular flexibility index (Phi) is 2.56. The summed E-state index contributed by atoms with van der Waals surface area (Å²) in [6.07, 6.45) is 3.19. The molecule has 0 bridgehead atoms. The van der Waals surface area contributed by atoms with Crippen LogP contribution in [0.25, 0.3) is 0 Å². The van der Waals surface area contributed by atoms with Crippen LogP contribution in [0.15, 0.2) is 23.1 Å². The molecule has 0 aromatic heterocycles. The maximum Gasteiger partial charge on any atom is 0.243 e. The highest BCUT2D eigenvalue weighted by atomic mass is 32.2. The molecule has 0 spiro atoms. The molecule has 1 aromatic rings. The van der Waals surface area contributed by atoms with Crippen LogP contribution in [-0.4, -0.2) is 31.4 Å². The minimum absolute atomic E-state index is 0.371. The fourth-order valence-electron chi connectivity index (χ4n) is 2.79. The first kappa shape index (κ1) is 12.1. The molecule has 0 atom stereocenters. The van der Waals surface area contributed by atoms with Gasteiger partial charge in [-0.15, -0.1) is 0 Å². The fourth-order valence-corrected chi connectivity index (χ4v) is 4.55. The van der Waals surface area contributed by atoms with Gasteiger partial charge in [0.2, 0.25) is 10.0 Å². The molecule has 1 fully saturated rings. The molecule has 98 valence electrons. The minimum Gasteiger partial charge on any atom is -0.323 e. The average molecular weight is 266 g/mol. The molecule has 5 heteroatoms. The third-order valence-electron chi connectivity index (χ3n) is 3.78. The second-order valence-corrected chi connectivity index (χ2v) is 7.65. The topological polar surface area (TPSA) is 63.4 Å². The number of hydrogen-bond donors (Lipinski definition) is 1. The van der Waals surface area contributed by atoms with Gasteiger partial charge in [-0.2, -0.15) is 4.31 Å². The molecule has 2 N–H and O–H groups in total. The lowest BCUT2D eigenvalue weighted by Crippen LogP contribution is -2.66. The van der Waals surface area contributed by atoms with Gasteiger partial charge in [-0.25, -0.2) is 8.42 Å². The lowest BCUT2D eigenvalue weighted by molar-refractivity contribution is 0.176. The van der Waals surface area contributed by atoms with E-state index in [2.05, 4.69) is 0 Å². The van der Waals surface area contributed by atoms with E-state index in [0.717, 1.165) is 19.3 Å². The van der Waals surface area contributed by atoms with Crippen molar-refractivity contribution in [2.75, 3.05) is 13.1 Å². The smallest absolute Gasteiger partial charge is 0.243 e. The summed E-state index contributed by atoms with van der Waals surface area (Å²) in [6, 6.07) is 5.52. The summed E-state index contributed by atoms with van der Waals surface area (Å²) < 4.78 is 26.2. The Hall–Kier alpha value is -0.910. The maximum atomic E-state index is 12.4. The second kappa shape index (κ2) is 3.79. The lowest BCUT2D eigenvalue weighted by atomic mass is 9.97. The van der Waals surface area contributed by atoms with Crippen LogP contribution < -0.4 is 5.73 Å².